The molecular weight excluding hydrogens is 264 g/mol. The molecule has 0 spiro atoms. The summed E-state index contributed by atoms with van der Waals surface area (Å²) in [5.74, 6) is 0.178. The second-order valence-corrected chi connectivity index (χ2v) is 4.86. The molecule has 1 amide bonds. The van der Waals surface area contributed by atoms with Crippen molar-refractivity contribution in [2.24, 2.45) is 0 Å². The monoisotopic (exact) mass is 284 g/mol. The summed E-state index contributed by atoms with van der Waals surface area (Å²) in [6.07, 6.45) is 0.999. The minimum Gasteiger partial charge on any atom is -0.508 e. The van der Waals surface area contributed by atoms with Crippen molar-refractivity contribution >= 4 is 17.3 Å². The van der Waals surface area contributed by atoms with Crippen molar-refractivity contribution < 1.29 is 9.90 Å². The molecule has 0 aliphatic heterocycles. The lowest BCUT2D eigenvalue weighted by Crippen LogP contribution is -2.30. The van der Waals surface area contributed by atoms with E-state index < -0.39 is 0 Å². The molecule has 0 aliphatic carbocycles. The molecule has 2 aromatic rings. The van der Waals surface area contributed by atoms with Crippen molar-refractivity contribution in [3.05, 3.63) is 54.1 Å². The van der Waals surface area contributed by atoms with Crippen LogP contribution < -0.4 is 10.6 Å². The third kappa shape index (κ3) is 3.75. The molecule has 2 rings (SSSR count). The summed E-state index contributed by atoms with van der Waals surface area (Å²) in [6.45, 7) is 2.48. The van der Waals surface area contributed by atoms with E-state index in [4.69, 9.17) is 5.73 Å². The van der Waals surface area contributed by atoms with E-state index in [1.165, 1.54) is 0 Å². The van der Waals surface area contributed by atoms with Crippen molar-refractivity contribution in [3.63, 3.8) is 0 Å². The molecule has 2 aromatic carbocycles. The van der Waals surface area contributed by atoms with Crippen molar-refractivity contribution in [2.75, 3.05) is 17.2 Å². The summed E-state index contributed by atoms with van der Waals surface area (Å²) in [4.78, 5) is 14.0. The Morgan fingerprint density at radius 3 is 2.62 bits per heavy atom. The normalized spacial score (nSPS) is 10.3. The summed E-state index contributed by atoms with van der Waals surface area (Å²) in [5.41, 5.74) is 8.30. The van der Waals surface area contributed by atoms with Gasteiger partial charge < -0.3 is 15.7 Å². The predicted molar refractivity (Wildman–Crippen MR) is 85.3 cm³/mol. The number of anilines is 2. The minimum atomic E-state index is 0.0198. The van der Waals surface area contributed by atoms with Gasteiger partial charge in [0.15, 0.2) is 0 Å². The average Bonchev–Trinajstić information content (AvgIpc) is 2.47. The Morgan fingerprint density at radius 1 is 1.19 bits per heavy atom. The number of amides is 1. The highest BCUT2D eigenvalue weighted by Crippen LogP contribution is 2.21. The van der Waals surface area contributed by atoms with Gasteiger partial charge >= 0.3 is 0 Å². The van der Waals surface area contributed by atoms with E-state index in [-0.39, 0.29) is 11.7 Å². The van der Waals surface area contributed by atoms with Gasteiger partial charge in [0, 0.05) is 30.4 Å². The first-order chi connectivity index (χ1) is 10.1. The molecule has 21 heavy (non-hydrogen) atoms. The molecule has 4 nitrogen and oxygen atoms in total. The fourth-order valence-electron chi connectivity index (χ4n) is 2.30. The van der Waals surface area contributed by atoms with E-state index in [0.717, 1.165) is 5.56 Å². The predicted octanol–water partition coefficient (Wildman–Crippen LogP) is 2.96. The van der Waals surface area contributed by atoms with Crippen molar-refractivity contribution in [2.45, 2.75) is 19.8 Å². The van der Waals surface area contributed by atoms with Crippen LogP contribution in [0.5, 0.6) is 5.75 Å². The Hall–Kier alpha value is -2.49. The molecule has 0 saturated heterocycles. The van der Waals surface area contributed by atoms with Crippen molar-refractivity contribution in [1.82, 2.24) is 0 Å². The smallest absolute Gasteiger partial charge is 0.227 e. The standard InChI is InChI=1S/C17H20N2O2/c1-2-19(14-7-5-8-15(20)12-14)17(21)11-10-13-6-3-4-9-16(13)18/h3-9,12,20H,2,10-11,18H2,1H3. The van der Waals surface area contributed by atoms with E-state index in [1.807, 2.05) is 37.3 Å². The molecule has 0 saturated carbocycles. The van der Waals surface area contributed by atoms with Crippen LogP contribution in [0.1, 0.15) is 18.9 Å². The number of hydrogen-bond donors (Lipinski definition) is 2. The maximum absolute atomic E-state index is 12.4. The summed E-state index contributed by atoms with van der Waals surface area (Å²) >= 11 is 0. The fraction of sp³-hybridized carbons (Fsp3) is 0.235. The number of rotatable bonds is 5. The van der Waals surface area contributed by atoms with Crippen LogP contribution >= 0.6 is 0 Å². The van der Waals surface area contributed by atoms with Crippen LogP contribution in [-0.2, 0) is 11.2 Å². The van der Waals surface area contributed by atoms with E-state index in [2.05, 4.69) is 0 Å². The van der Waals surface area contributed by atoms with Crippen LogP contribution in [0.2, 0.25) is 0 Å². The van der Waals surface area contributed by atoms with Gasteiger partial charge in [-0.3, -0.25) is 4.79 Å². The zero-order chi connectivity index (χ0) is 15.2. The molecule has 0 atom stereocenters. The van der Waals surface area contributed by atoms with E-state index in [0.29, 0.717) is 30.8 Å². The van der Waals surface area contributed by atoms with Gasteiger partial charge in [0.2, 0.25) is 5.91 Å². The molecule has 110 valence electrons. The number of nitrogen functional groups attached to an aromatic ring is 1. The van der Waals surface area contributed by atoms with Crippen LogP contribution in [0.25, 0.3) is 0 Å². The van der Waals surface area contributed by atoms with Crippen LogP contribution in [0.4, 0.5) is 11.4 Å². The molecule has 4 heteroatoms. The van der Waals surface area contributed by atoms with Crippen LogP contribution in [0, 0.1) is 0 Å². The first kappa shape index (κ1) is 14.9. The molecular formula is C17H20N2O2. The van der Waals surface area contributed by atoms with Gasteiger partial charge in [0.25, 0.3) is 0 Å². The molecule has 0 unspecified atom stereocenters. The molecule has 0 fully saturated rings. The second kappa shape index (κ2) is 6.79. The van der Waals surface area contributed by atoms with Gasteiger partial charge in [0.05, 0.1) is 0 Å². The number of nitrogens with two attached hydrogens (primary N) is 1. The van der Waals surface area contributed by atoms with Gasteiger partial charge in [-0.25, -0.2) is 0 Å². The molecule has 0 heterocycles. The number of carbonyl (C=O) groups is 1. The van der Waals surface area contributed by atoms with Crippen LogP contribution in [0.3, 0.4) is 0 Å². The van der Waals surface area contributed by atoms with Gasteiger partial charge in [-0.2, -0.15) is 0 Å². The Balaban J connectivity index is 2.06. The van der Waals surface area contributed by atoms with Crippen LogP contribution in [0.15, 0.2) is 48.5 Å². The number of carbonyl (C=O) groups excluding carboxylic acids is 1. The molecule has 0 aromatic heterocycles. The number of para-hydroxylation sites is 1. The molecule has 0 bridgehead atoms. The molecule has 3 N–H and O–H groups in total. The molecule has 0 aliphatic rings. The fourth-order valence-corrected chi connectivity index (χ4v) is 2.30. The third-order valence-electron chi connectivity index (χ3n) is 3.42. The highest BCUT2D eigenvalue weighted by Gasteiger charge is 2.14. The Kier molecular flexibility index (Phi) is 4.82. The van der Waals surface area contributed by atoms with Crippen molar-refractivity contribution in [3.8, 4) is 5.75 Å². The third-order valence-corrected chi connectivity index (χ3v) is 3.42. The number of phenols is 1. The summed E-state index contributed by atoms with van der Waals surface area (Å²) in [6, 6.07) is 14.3. The highest BCUT2D eigenvalue weighted by atomic mass is 16.3. The first-order valence-electron chi connectivity index (χ1n) is 7.04. The minimum absolute atomic E-state index is 0.0198. The quantitative estimate of drug-likeness (QED) is 0.829. The summed E-state index contributed by atoms with van der Waals surface area (Å²) in [5, 5.41) is 9.53. The number of phenolic OH excluding ortho intramolecular Hbond substituents is 1. The molecule has 0 radical (unpaired) electrons. The maximum atomic E-state index is 12.4. The number of benzene rings is 2. The highest BCUT2D eigenvalue weighted by molar-refractivity contribution is 5.93. The Morgan fingerprint density at radius 2 is 1.95 bits per heavy atom. The summed E-state index contributed by atoms with van der Waals surface area (Å²) in [7, 11) is 0. The van der Waals surface area contributed by atoms with E-state index in [9.17, 15) is 9.90 Å². The first-order valence-corrected chi connectivity index (χ1v) is 7.04. The lowest BCUT2D eigenvalue weighted by atomic mass is 10.1. The van der Waals surface area contributed by atoms with Gasteiger partial charge in [-0.15, -0.1) is 0 Å². The largest absolute Gasteiger partial charge is 0.508 e. The number of aryl methyl sites for hydroxylation is 1. The zero-order valence-electron chi connectivity index (χ0n) is 12.1. The number of nitrogens with zero attached hydrogens (tertiary/aromatic N) is 1. The topological polar surface area (TPSA) is 66.6 Å². The van der Waals surface area contributed by atoms with Crippen molar-refractivity contribution in [1.29, 1.82) is 0 Å². The van der Waals surface area contributed by atoms with Gasteiger partial charge in [-0.05, 0) is 37.1 Å². The Bertz CT molecular complexity index is 626. The lowest BCUT2D eigenvalue weighted by Gasteiger charge is -2.21. The lowest BCUT2D eigenvalue weighted by molar-refractivity contribution is -0.118. The number of aromatic hydroxyl groups is 1. The van der Waals surface area contributed by atoms with Gasteiger partial charge in [0.1, 0.15) is 5.75 Å². The SMILES string of the molecule is CCN(C(=O)CCc1ccccc1N)c1cccc(O)c1. The average molecular weight is 284 g/mol. The summed E-state index contributed by atoms with van der Waals surface area (Å²) < 4.78 is 0. The van der Waals surface area contributed by atoms with E-state index in [1.54, 1.807) is 23.1 Å². The van der Waals surface area contributed by atoms with Gasteiger partial charge in [-0.1, -0.05) is 24.3 Å². The van der Waals surface area contributed by atoms with E-state index >= 15 is 0 Å². The second-order valence-electron chi connectivity index (χ2n) is 4.86. The zero-order valence-corrected chi connectivity index (χ0v) is 12.1. The Labute approximate surface area is 124 Å². The maximum Gasteiger partial charge on any atom is 0.227 e. The number of hydrogen-bond acceptors (Lipinski definition) is 3. The van der Waals surface area contributed by atoms with Crippen LogP contribution in [-0.4, -0.2) is 17.6 Å².